The van der Waals surface area contributed by atoms with Crippen molar-refractivity contribution >= 4 is 27.3 Å². The molecule has 2 aromatic rings. The minimum Gasteiger partial charge on any atom is -0.305 e. The minimum atomic E-state index is 0.0598. The summed E-state index contributed by atoms with van der Waals surface area (Å²) >= 11 is 3.42. The molecule has 0 atom stereocenters. The highest BCUT2D eigenvalue weighted by atomic mass is 79.9. The molecule has 0 radical (unpaired) electrons. The Hall–Kier alpha value is -1.97. The van der Waals surface area contributed by atoms with Gasteiger partial charge < -0.3 is 4.90 Å². The summed E-state index contributed by atoms with van der Waals surface area (Å²) in [6.07, 6.45) is 10.1. The van der Waals surface area contributed by atoms with E-state index < -0.39 is 0 Å². The van der Waals surface area contributed by atoms with Gasteiger partial charge in [0.25, 0.3) is 0 Å². The Morgan fingerprint density at radius 2 is 1.63 bits per heavy atom. The van der Waals surface area contributed by atoms with Gasteiger partial charge in [0.15, 0.2) is 5.78 Å². The second-order valence-corrected chi connectivity index (χ2v) is 8.36. The van der Waals surface area contributed by atoms with Gasteiger partial charge in [0.2, 0.25) is 0 Å². The molecule has 3 heteroatoms. The summed E-state index contributed by atoms with van der Waals surface area (Å²) in [6, 6.07) is 16.2. The average molecular weight is 423 g/mol. The molecular formula is C24H25BrNO+. The molecule has 138 valence electrons. The lowest BCUT2D eigenvalue weighted by molar-refractivity contribution is -0.860. The Labute approximate surface area is 169 Å². The molecule has 2 nitrogen and oxygen atoms in total. The summed E-state index contributed by atoms with van der Waals surface area (Å²) in [5.41, 5.74) is 6.14. The van der Waals surface area contributed by atoms with E-state index in [1.807, 2.05) is 24.3 Å². The first-order valence-electron chi connectivity index (χ1n) is 9.87. The van der Waals surface area contributed by atoms with E-state index in [-0.39, 0.29) is 5.78 Å². The van der Waals surface area contributed by atoms with Gasteiger partial charge in [-0.1, -0.05) is 40.2 Å². The lowest BCUT2D eigenvalue weighted by Crippen LogP contribution is -3.10. The van der Waals surface area contributed by atoms with Crippen LogP contribution in [0.1, 0.15) is 47.2 Å². The molecule has 1 N–H and O–H groups in total. The first-order valence-corrected chi connectivity index (χ1v) is 10.7. The van der Waals surface area contributed by atoms with Crippen molar-refractivity contribution in [3.8, 4) is 0 Å². The number of quaternary nitrogens is 1. The van der Waals surface area contributed by atoms with Gasteiger partial charge in [-0.3, -0.25) is 4.79 Å². The molecular weight excluding hydrogens is 398 g/mol. The van der Waals surface area contributed by atoms with Gasteiger partial charge in [-0.15, -0.1) is 0 Å². The van der Waals surface area contributed by atoms with Crippen molar-refractivity contribution in [3.63, 3.8) is 0 Å². The number of nitrogens with one attached hydrogen (secondary N) is 1. The predicted octanol–water partition coefficient (Wildman–Crippen LogP) is 4.61. The minimum absolute atomic E-state index is 0.0598. The maximum Gasteiger partial charge on any atom is 0.185 e. The van der Waals surface area contributed by atoms with E-state index in [1.54, 1.807) is 11.0 Å². The molecule has 0 unspecified atom stereocenters. The number of ketones is 1. The largest absolute Gasteiger partial charge is 0.305 e. The Morgan fingerprint density at radius 1 is 0.926 bits per heavy atom. The Morgan fingerprint density at radius 3 is 2.37 bits per heavy atom. The highest BCUT2D eigenvalue weighted by molar-refractivity contribution is 9.10. The smallest absolute Gasteiger partial charge is 0.185 e. The first-order chi connectivity index (χ1) is 13.2. The molecule has 0 amide bonds. The van der Waals surface area contributed by atoms with Gasteiger partial charge in [0.05, 0.1) is 13.1 Å². The molecule has 1 heterocycles. The van der Waals surface area contributed by atoms with Crippen LogP contribution in [0.2, 0.25) is 0 Å². The zero-order valence-corrected chi connectivity index (χ0v) is 17.1. The highest BCUT2D eigenvalue weighted by Gasteiger charge is 2.28. The van der Waals surface area contributed by atoms with Gasteiger partial charge in [0.1, 0.15) is 5.70 Å². The molecule has 2 aromatic carbocycles. The summed E-state index contributed by atoms with van der Waals surface area (Å²) in [5.74, 6) is 0.0598. The molecule has 0 saturated carbocycles. The number of benzene rings is 2. The summed E-state index contributed by atoms with van der Waals surface area (Å²) in [4.78, 5) is 14.2. The third-order valence-corrected chi connectivity index (χ3v) is 6.19. The van der Waals surface area contributed by atoms with E-state index in [4.69, 9.17) is 0 Å². The van der Waals surface area contributed by atoms with E-state index >= 15 is 0 Å². The zero-order chi connectivity index (χ0) is 18.6. The quantitative estimate of drug-likeness (QED) is 0.563. The van der Waals surface area contributed by atoms with Crippen molar-refractivity contribution in [1.82, 2.24) is 0 Å². The van der Waals surface area contributed by atoms with Gasteiger partial charge in [-0.05, 0) is 73.2 Å². The summed E-state index contributed by atoms with van der Waals surface area (Å²) < 4.78 is 0.988. The van der Waals surface area contributed by atoms with Crippen LogP contribution in [0.3, 0.4) is 0 Å². The fraction of sp³-hybridized carbons (Fsp3) is 0.292. The van der Waals surface area contributed by atoms with Crippen LogP contribution in [0.15, 0.2) is 70.9 Å². The normalized spacial score (nSPS) is 18.0. The van der Waals surface area contributed by atoms with Crippen LogP contribution in [-0.2, 0) is 6.42 Å². The van der Waals surface area contributed by atoms with Crippen LogP contribution in [0.5, 0.6) is 0 Å². The Balaban J connectivity index is 1.65. The average Bonchev–Trinajstić information content (AvgIpc) is 2.86. The number of carbonyl (C=O) groups excluding carboxylic acids is 1. The van der Waals surface area contributed by atoms with Crippen LogP contribution in [-0.4, -0.2) is 18.9 Å². The Bertz CT molecular complexity index is 887. The number of likely N-dealkylation sites (tertiary alicyclic amines) is 1. The van der Waals surface area contributed by atoms with E-state index in [0.717, 1.165) is 16.5 Å². The lowest BCUT2D eigenvalue weighted by Gasteiger charge is -2.18. The van der Waals surface area contributed by atoms with Crippen molar-refractivity contribution in [2.75, 3.05) is 13.1 Å². The monoisotopic (exact) mass is 422 g/mol. The van der Waals surface area contributed by atoms with E-state index in [0.29, 0.717) is 0 Å². The van der Waals surface area contributed by atoms with Gasteiger partial charge in [-0.2, -0.15) is 0 Å². The number of hydrogen-bond acceptors (Lipinski definition) is 1. The highest BCUT2D eigenvalue weighted by Crippen LogP contribution is 2.31. The SMILES string of the molecule is O=C(/C=C/C1=C([NH+]2CCCCCC2)Cc2ccccc21)c1ccc(Br)cc1. The number of fused-ring (bicyclic) bond motifs is 1. The standard InChI is InChI=1S/C24H24BrNO/c25-20-11-9-18(10-12-20)24(27)14-13-22-21-8-4-3-7-19(21)17-23(22)26-15-5-1-2-6-16-26/h3-4,7-14H,1-2,5-6,15-17H2/p+1/b14-13+. The van der Waals surface area contributed by atoms with E-state index in [2.05, 4.69) is 46.3 Å². The van der Waals surface area contributed by atoms with Crippen LogP contribution in [0.4, 0.5) is 0 Å². The molecule has 1 saturated heterocycles. The van der Waals surface area contributed by atoms with Gasteiger partial charge in [0, 0.05) is 22.0 Å². The molecule has 1 aliphatic heterocycles. The molecule has 0 aromatic heterocycles. The second kappa shape index (κ2) is 8.37. The van der Waals surface area contributed by atoms with Gasteiger partial charge >= 0.3 is 0 Å². The predicted molar refractivity (Wildman–Crippen MR) is 114 cm³/mol. The topological polar surface area (TPSA) is 21.5 Å². The van der Waals surface area contributed by atoms with Crippen LogP contribution in [0, 0.1) is 0 Å². The number of halogens is 1. The van der Waals surface area contributed by atoms with Gasteiger partial charge in [-0.25, -0.2) is 0 Å². The number of rotatable bonds is 4. The molecule has 2 aliphatic rings. The Kier molecular flexibility index (Phi) is 5.70. The maximum absolute atomic E-state index is 12.6. The molecule has 4 rings (SSSR count). The summed E-state index contributed by atoms with van der Waals surface area (Å²) in [7, 11) is 0. The molecule has 27 heavy (non-hydrogen) atoms. The van der Waals surface area contributed by atoms with Crippen molar-refractivity contribution in [2.45, 2.75) is 32.1 Å². The third-order valence-electron chi connectivity index (χ3n) is 5.66. The van der Waals surface area contributed by atoms with Crippen LogP contribution in [0.25, 0.3) is 5.57 Å². The van der Waals surface area contributed by atoms with Crippen molar-refractivity contribution in [1.29, 1.82) is 0 Å². The maximum atomic E-state index is 12.6. The van der Waals surface area contributed by atoms with E-state index in [9.17, 15) is 4.79 Å². The second-order valence-electron chi connectivity index (χ2n) is 7.45. The van der Waals surface area contributed by atoms with Crippen LogP contribution >= 0.6 is 15.9 Å². The molecule has 0 spiro atoms. The fourth-order valence-electron chi connectivity index (χ4n) is 4.22. The molecule has 0 bridgehead atoms. The third kappa shape index (κ3) is 4.15. The van der Waals surface area contributed by atoms with Crippen molar-refractivity contribution in [2.24, 2.45) is 0 Å². The van der Waals surface area contributed by atoms with Crippen LogP contribution < -0.4 is 4.90 Å². The lowest BCUT2D eigenvalue weighted by atomic mass is 10.0. The number of allylic oxidation sites excluding steroid dienone is 4. The number of hydrogen-bond donors (Lipinski definition) is 1. The van der Waals surface area contributed by atoms with Crippen molar-refractivity contribution < 1.29 is 9.69 Å². The zero-order valence-electron chi connectivity index (χ0n) is 15.5. The van der Waals surface area contributed by atoms with E-state index in [1.165, 1.54) is 61.2 Å². The van der Waals surface area contributed by atoms with Crippen molar-refractivity contribution in [3.05, 3.63) is 87.5 Å². The summed E-state index contributed by atoms with van der Waals surface area (Å²) in [6.45, 7) is 2.42. The molecule has 1 fully saturated rings. The fourth-order valence-corrected chi connectivity index (χ4v) is 4.48. The number of carbonyl (C=O) groups is 1. The molecule has 1 aliphatic carbocycles. The first kappa shape index (κ1) is 18.4. The summed E-state index contributed by atoms with van der Waals surface area (Å²) in [5, 5.41) is 0.